The summed E-state index contributed by atoms with van der Waals surface area (Å²) in [5.74, 6) is 1.18. The first kappa shape index (κ1) is 18.2. The average Bonchev–Trinajstić information content (AvgIpc) is 2.67. The number of hydrogen-bond acceptors (Lipinski definition) is 4. The molecule has 1 aliphatic heterocycles. The van der Waals surface area contributed by atoms with Gasteiger partial charge in [-0.3, -0.25) is 14.3 Å². The normalized spacial score (nSPS) is 17.9. The van der Waals surface area contributed by atoms with E-state index in [1.807, 2.05) is 49.4 Å². The van der Waals surface area contributed by atoms with Crippen LogP contribution in [0.2, 0.25) is 0 Å². The summed E-state index contributed by atoms with van der Waals surface area (Å²) in [6.07, 6.45) is 12.0. The van der Waals surface area contributed by atoms with Gasteiger partial charge in [-0.05, 0) is 24.1 Å². The summed E-state index contributed by atoms with van der Waals surface area (Å²) in [7, 11) is 0. The standard InChI is InChI=1S/C21H19N3O3/c1-3-8-14(9-4-2)18(15-10-6-5-7-11-15)16-12-22-21(27)19-20(26)17(25)13-23-24(16)19/h1,4-11,13,16,18,26H,12H2,2H3,(H,22,27)/b9-4-,14-8+. The highest BCUT2D eigenvalue weighted by atomic mass is 16.3. The highest BCUT2D eigenvalue weighted by molar-refractivity contribution is 5.95. The van der Waals surface area contributed by atoms with Crippen LogP contribution >= 0.6 is 0 Å². The number of fused-ring (bicyclic) bond motifs is 1. The number of hydrogen-bond donors (Lipinski definition) is 2. The first-order valence-electron chi connectivity index (χ1n) is 8.51. The summed E-state index contributed by atoms with van der Waals surface area (Å²) in [6.45, 7) is 2.17. The van der Waals surface area contributed by atoms with Gasteiger partial charge < -0.3 is 10.4 Å². The van der Waals surface area contributed by atoms with Crippen molar-refractivity contribution in [1.82, 2.24) is 15.1 Å². The minimum Gasteiger partial charge on any atom is -0.502 e. The molecule has 1 aromatic heterocycles. The topological polar surface area (TPSA) is 84.2 Å². The summed E-state index contributed by atoms with van der Waals surface area (Å²) in [5.41, 5.74) is 1.00. The number of terminal acetylenes is 1. The van der Waals surface area contributed by atoms with Crippen LogP contribution in [0.4, 0.5) is 0 Å². The second kappa shape index (κ2) is 7.75. The molecule has 6 heteroatoms. The second-order valence-electron chi connectivity index (χ2n) is 6.13. The van der Waals surface area contributed by atoms with Crippen molar-refractivity contribution in [3.63, 3.8) is 0 Å². The van der Waals surface area contributed by atoms with Gasteiger partial charge in [-0.1, -0.05) is 48.4 Å². The number of amides is 1. The molecule has 2 heterocycles. The van der Waals surface area contributed by atoms with Gasteiger partial charge in [0.05, 0.1) is 12.2 Å². The lowest BCUT2D eigenvalue weighted by molar-refractivity contribution is 0.0896. The average molecular weight is 361 g/mol. The third kappa shape index (κ3) is 3.40. The van der Waals surface area contributed by atoms with Gasteiger partial charge in [0.2, 0.25) is 5.43 Å². The Morgan fingerprint density at radius 2 is 2.15 bits per heavy atom. The lowest BCUT2D eigenvalue weighted by Crippen LogP contribution is -2.44. The molecule has 0 saturated heterocycles. The molecule has 0 aliphatic carbocycles. The number of nitrogens with one attached hydrogen (secondary N) is 1. The lowest BCUT2D eigenvalue weighted by atomic mass is 9.83. The fourth-order valence-corrected chi connectivity index (χ4v) is 3.38. The van der Waals surface area contributed by atoms with Crippen LogP contribution in [0, 0.1) is 12.3 Å². The predicted molar refractivity (Wildman–Crippen MR) is 102 cm³/mol. The number of carbonyl (C=O) groups is 1. The highest BCUT2D eigenvalue weighted by Gasteiger charge is 2.35. The van der Waals surface area contributed by atoms with E-state index in [2.05, 4.69) is 16.3 Å². The maximum absolute atomic E-state index is 12.3. The molecule has 0 radical (unpaired) electrons. The maximum Gasteiger partial charge on any atom is 0.273 e. The van der Waals surface area contributed by atoms with Crippen LogP contribution in [0.25, 0.3) is 0 Å². The van der Waals surface area contributed by atoms with Crippen molar-refractivity contribution in [3.05, 3.63) is 81.8 Å². The Balaban J connectivity index is 2.23. The minimum absolute atomic E-state index is 0.139. The summed E-state index contributed by atoms with van der Waals surface area (Å²) in [5, 5.41) is 17.0. The SMILES string of the molecule is C#C/C=C(\C=C/C)C(c1ccccc1)C1CNC(=O)c2c(O)c(=O)cnn21. The van der Waals surface area contributed by atoms with Crippen LogP contribution in [0.1, 0.15) is 34.9 Å². The molecule has 2 atom stereocenters. The Morgan fingerprint density at radius 3 is 2.81 bits per heavy atom. The van der Waals surface area contributed by atoms with E-state index in [1.165, 1.54) is 4.68 Å². The van der Waals surface area contributed by atoms with Gasteiger partial charge in [0.1, 0.15) is 0 Å². The number of allylic oxidation sites excluding steroid dienone is 4. The number of carbonyl (C=O) groups excluding carboxylic acids is 1. The number of nitrogens with zero attached hydrogens (tertiary/aromatic N) is 2. The van der Waals surface area contributed by atoms with Crippen LogP contribution in [0.15, 0.2) is 65.1 Å². The third-order valence-corrected chi connectivity index (χ3v) is 4.50. The third-order valence-electron chi connectivity index (χ3n) is 4.50. The Hall–Kier alpha value is -3.59. The first-order valence-corrected chi connectivity index (χ1v) is 8.51. The van der Waals surface area contributed by atoms with Crippen molar-refractivity contribution in [3.8, 4) is 18.1 Å². The molecule has 2 N–H and O–H groups in total. The van der Waals surface area contributed by atoms with E-state index in [0.29, 0.717) is 0 Å². The Bertz CT molecular complexity index is 1010. The smallest absolute Gasteiger partial charge is 0.273 e. The number of rotatable bonds is 4. The zero-order chi connectivity index (χ0) is 19.4. The molecule has 2 aromatic rings. The van der Waals surface area contributed by atoms with Crippen LogP contribution in [0.5, 0.6) is 5.75 Å². The zero-order valence-corrected chi connectivity index (χ0v) is 14.8. The van der Waals surface area contributed by atoms with Crippen molar-refractivity contribution in [1.29, 1.82) is 0 Å². The van der Waals surface area contributed by atoms with Gasteiger partial charge in [0, 0.05) is 12.5 Å². The zero-order valence-electron chi connectivity index (χ0n) is 14.8. The fraction of sp³-hybridized carbons (Fsp3) is 0.190. The van der Waals surface area contributed by atoms with Gasteiger partial charge >= 0.3 is 0 Å². The van der Waals surface area contributed by atoms with Crippen molar-refractivity contribution in [2.24, 2.45) is 0 Å². The fourth-order valence-electron chi connectivity index (χ4n) is 3.38. The Morgan fingerprint density at radius 1 is 1.41 bits per heavy atom. The molecule has 27 heavy (non-hydrogen) atoms. The molecule has 0 bridgehead atoms. The van der Waals surface area contributed by atoms with Gasteiger partial charge in [-0.25, -0.2) is 0 Å². The molecule has 1 amide bonds. The largest absolute Gasteiger partial charge is 0.502 e. The molecule has 0 spiro atoms. The van der Waals surface area contributed by atoms with Gasteiger partial charge in [-0.2, -0.15) is 5.10 Å². The monoisotopic (exact) mass is 361 g/mol. The second-order valence-corrected chi connectivity index (χ2v) is 6.13. The van der Waals surface area contributed by atoms with Crippen molar-refractivity contribution >= 4 is 5.91 Å². The van der Waals surface area contributed by atoms with Crippen molar-refractivity contribution in [2.45, 2.75) is 18.9 Å². The summed E-state index contributed by atoms with van der Waals surface area (Å²) in [6, 6.07) is 9.32. The molecule has 0 saturated carbocycles. The van der Waals surface area contributed by atoms with Crippen LogP contribution < -0.4 is 10.7 Å². The molecule has 6 nitrogen and oxygen atoms in total. The highest BCUT2D eigenvalue weighted by Crippen LogP contribution is 2.38. The van der Waals surface area contributed by atoms with Gasteiger partial charge in [0.25, 0.3) is 5.91 Å². The maximum atomic E-state index is 12.3. The van der Waals surface area contributed by atoms with Gasteiger partial charge in [0.15, 0.2) is 11.4 Å². The quantitative estimate of drug-likeness (QED) is 0.646. The number of aromatic nitrogens is 2. The molecule has 1 aliphatic rings. The first-order chi connectivity index (χ1) is 13.1. The molecule has 1 aromatic carbocycles. The van der Waals surface area contributed by atoms with E-state index in [9.17, 15) is 14.7 Å². The van der Waals surface area contributed by atoms with E-state index in [1.54, 1.807) is 6.08 Å². The van der Waals surface area contributed by atoms with Crippen LogP contribution in [-0.2, 0) is 0 Å². The van der Waals surface area contributed by atoms with Crippen molar-refractivity contribution in [2.75, 3.05) is 6.54 Å². The molecule has 2 unspecified atom stereocenters. The van der Waals surface area contributed by atoms with E-state index < -0.39 is 17.1 Å². The van der Waals surface area contributed by atoms with Gasteiger partial charge in [-0.15, -0.1) is 6.42 Å². The lowest BCUT2D eigenvalue weighted by Gasteiger charge is -2.34. The van der Waals surface area contributed by atoms with Crippen molar-refractivity contribution < 1.29 is 9.90 Å². The van der Waals surface area contributed by atoms with E-state index in [-0.39, 0.29) is 24.2 Å². The minimum atomic E-state index is -0.693. The van der Waals surface area contributed by atoms with E-state index >= 15 is 0 Å². The summed E-state index contributed by atoms with van der Waals surface area (Å²) in [4.78, 5) is 24.0. The molecular weight excluding hydrogens is 342 g/mol. The summed E-state index contributed by atoms with van der Waals surface area (Å²) >= 11 is 0. The predicted octanol–water partition coefficient (Wildman–Crippen LogP) is 2.15. The Labute approximate surface area is 156 Å². The number of benzene rings is 1. The van der Waals surface area contributed by atoms with Crippen LogP contribution in [-0.4, -0.2) is 27.3 Å². The molecular formula is C21H19N3O3. The van der Waals surface area contributed by atoms with Crippen LogP contribution in [0.3, 0.4) is 0 Å². The Kier molecular flexibility index (Phi) is 5.23. The van der Waals surface area contributed by atoms with E-state index in [0.717, 1.165) is 17.3 Å². The van der Waals surface area contributed by atoms with E-state index in [4.69, 9.17) is 6.42 Å². The molecule has 3 rings (SSSR count). The summed E-state index contributed by atoms with van der Waals surface area (Å²) < 4.78 is 1.42. The number of aromatic hydroxyl groups is 1. The molecule has 0 fully saturated rings. The molecule has 136 valence electrons.